The van der Waals surface area contributed by atoms with Gasteiger partial charge in [0, 0.05) is 29.8 Å². The molecule has 2 fully saturated rings. The van der Waals surface area contributed by atoms with Crippen LogP contribution in [0.3, 0.4) is 0 Å². The standard InChI is InChI=1S/C21H21FN2O3/c1-27-19-8-7-14(10-17(19)22)21(26)24-12-15-9-16(24)11-18(15)23-20(25)13-5-3-2-4-6-13/h2-8,10,15-16,18H,9,11-12H2,1H3,(H,23,25)/t15-,16-,18-/m0/s1. The highest BCUT2D eigenvalue weighted by Gasteiger charge is 2.47. The van der Waals surface area contributed by atoms with Crippen LogP contribution in [-0.2, 0) is 0 Å². The SMILES string of the molecule is COc1ccc(C(=O)N2C[C@@H]3C[C@H]2C[C@@H]3NC(=O)c2ccccc2)cc1F. The number of likely N-dealkylation sites (tertiary alicyclic amines) is 1. The lowest BCUT2D eigenvalue weighted by Gasteiger charge is -2.32. The minimum absolute atomic E-state index is 0.0689. The van der Waals surface area contributed by atoms with Crippen molar-refractivity contribution in [1.82, 2.24) is 10.2 Å². The zero-order chi connectivity index (χ0) is 19.0. The van der Waals surface area contributed by atoms with E-state index in [1.807, 2.05) is 18.2 Å². The number of benzene rings is 2. The molecule has 27 heavy (non-hydrogen) atoms. The largest absolute Gasteiger partial charge is 0.494 e. The van der Waals surface area contributed by atoms with E-state index >= 15 is 0 Å². The van der Waals surface area contributed by atoms with Crippen LogP contribution in [0.4, 0.5) is 4.39 Å². The molecule has 2 aromatic rings. The lowest BCUT2D eigenvalue weighted by Crippen LogP contribution is -2.47. The van der Waals surface area contributed by atoms with Crippen molar-refractivity contribution in [2.45, 2.75) is 24.9 Å². The van der Waals surface area contributed by atoms with Gasteiger partial charge < -0.3 is 15.0 Å². The Hall–Kier alpha value is -2.89. The number of nitrogens with zero attached hydrogens (tertiary/aromatic N) is 1. The van der Waals surface area contributed by atoms with Crippen LogP contribution >= 0.6 is 0 Å². The minimum atomic E-state index is -0.541. The average molecular weight is 368 g/mol. The lowest BCUT2D eigenvalue weighted by atomic mass is 10.0. The minimum Gasteiger partial charge on any atom is -0.494 e. The molecule has 2 aromatic carbocycles. The Bertz CT molecular complexity index is 871. The van der Waals surface area contributed by atoms with Crippen LogP contribution in [-0.4, -0.2) is 42.5 Å². The first-order valence-electron chi connectivity index (χ1n) is 9.07. The zero-order valence-electron chi connectivity index (χ0n) is 15.0. The fraction of sp³-hybridized carbons (Fsp3) is 0.333. The molecule has 0 unspecified atom stereocenters. The van der Waals surface area contributed by atoms with Gasteiger partial charge in [0.2, 0.25) is 0 Å². The Kier molecular flexibility index (Phi) is 4.56. The van der Waals surface area contributed by atoms with Gasteiger partial charge in [-0.05, 0) is 49.1 Å². The molecule has 1 saturated carbocycles. The van der Waals surface area contributed by atoms with E-state index in [0.29, 0.717) is 17.7 Å². The summed E-state index contributed by atoms with van der Waals surface area (Å²) < 4.78 is 18.8. The van der Waals surface area contributed by atoms with Crippen molar-refractivity contribution < 1.29 is 18.7 Å². The number of rotatable bonds is 4. The molecule has 0 radical (unpaired) electrons. The predicted molar refractivity (Wildman–Crippen MR) is 98.2 cm³/mol. The monoisotopic (exact) mass is 368 g/mol. The number of hydrogen-bond donors (Lipinski definition) is 1. The third-order valence-electron chi connectivity index (χ3n) is 5.55. The second-order valence-electron chi connectivity index (χ2n) is 7.14. The van der Waals surface area contributed by atoms with Crippen molar-refractivity contribution in [3.8, 4) is 5.75 Å². The van der Waals surface area contributed by atoms with Crippen molar-refractivity contribution in [2.75, 3.05) is 13.7 Å². The molecule has 2 amide bonds. The van der Waals surface area contributed by atoms with Crippen LogP contribution in [0.5, 0.6) is 5.75 Å². The summed E-state index contributed by atoms with van der Waals surface area (Å²) in [6, 6.07) is 13.6. The number of nitrogens with one attached hydrogen (secondary N) is 1. The molecule has 0 spiro atoms. The maximum Gasteiger partial charge on any atom is 0.254 e. The smallest absolute Gasteiger partial charge is 0.254 e. The fourth-order valence-corrected chi connectivity index (χ4v) is 4.19. The topological polar surface area (TPSA) is 58.6 Å². The van der Waals surface area contributed by atoms with Crippen molar-refractivity contribution in [3.63, 3.8) is 0 Å². The van der Waals surface area contributed by atoms with E-state index in [-0.39, 0.29) is 35.6 Å². The van der Waals surface area contributed by atoms with Crippen molar-refractivity contribution in [2.24, 2.45) is 5.92 Å². The highest BCUT2D eigenvalue weighted by molar-refractivity contribution is 5.95. The highest BCUT2D eigenvalue weighted by atomic mass is 19.1. The van der Waals surface area contributed by atoms with E-state index < -0.39 is 5.82 Å². The van der Waals surface area contributed by atoms with Gasteiger partial charge >= 0.3 is 0 Å². The molecule has 1 aliphatic heterocycles. The van der Waals surface area contributed by atoms with Crippen LogP contribution in [0.15, 0.2) is 48.5 Å². The average Bonchev–Trinajstić information content (AvgIpc) is 3.28. The molecular formula is C21H21FN2O3. The van der Waals surface area contributed by atoms with Gasteiger partial charge in [0.1, 0.15) is 0 Å². The van der Waals surface area contributed by atoms with Gasteiger partial charge in [0.05, 0.1) is 7.11 Å². The predicted octanol–water partition coefficient (Wildman–Crippen LogP) is 2.87. The molecule has 2 aliphatic rings. The first kappa shape index (κ1) is 17.5. The second-order valence-corrected chi connectivity index (χ2v) is 7.14. The molecule has 1 saturated heterocycles. The van der Waals surface area contributed by atoms with Crippen LogP contribution in [0.2, 0.25) is 0 Å². The normalized spacial score (nSPS) is 23.3. The molecule has 1 N–H and O–H groups in total. The summed E-state index contributed by atoms with van der Waals surface area (Å²) in [5.74, 6) is -0.436. The Morgan fingerprint density at radius 2 is 1.89 bits per heavy atom. The summed E-state index contributed by atoms with van der Waals surface area (Å²) in [5, 5.41) is 3.10. The van der Waals surface area contributed by atoms with Gasteiger partial charge in [-0.3, -0.25) is 9.59 Å². The summed E-state index contributed by atoms with van der Waals surface area (Å²) in [6.45, 7) is 0.580. The Morgan fingerprint density at radius 1 is 1.11 bits per heavy atom. The molecule has 0 aromatic heterocycles. The molecule has 140 valence electrons. The van der Waals surface area contributed by atoms with Crippen LogP contribution in [0.1, 0.15) is 33.6 Å². The maximum absolute atomic E-state index is 13.9. The first-order valence-corrected chi connectivity index (χ1v) is 9.07. The van der Waals surface area contributed by atoms with E-state index in [1.54, 1.807) is 23.1 Å². The van der Waals surface area contributed by atoms with Crippen molar-refractivity contribution in [3.05, 3.63) is 65.5 Å². The third-order valence-corrected chi connectivity index (χ3v) is 5.55. The third kappa shape index (κ3) is 3.27. The molecular weight excluding hydrogens is 347 g/mol. The van der Waals surface area contributed by atoms with Crippen LogP contribution < -0.4 is 10.1 Å². The van der Waals surface area contributed by atoms with E-state index in [2.05, 4.69) is 5.32 Å². The molecule has 2 bridgehead atoms. The number of piperidine rings is 1. The summed E-state index contributed by atoms with van der Waals surface area (Å²) in [4.78, 5) is 26.9. The summed E-state index contributed by atoms with van der Waals surface area (Å²) in [6.07, 6.45) is 1.59. The summed E-state index contributed by atoms with van der Waals surface area (Å²) in [5.41, 5.74) is 0.965. The Morgan fingerprint density at radius 3 is 2.52 bits per heavy atom. The number of methoxy groups -OCH3 is 1. The number of hydrogen-bond acceptors (Lipinski definition) is 3. The van der Waals surface area contributed by atoms with Gasteiger partial charge in [-0.1, -0.05) is 18.2 Å². The van der Waals surface area contributed by atoms with Gasteiger partial charge in [0.25, 0.3) is 11.8 Å². The van der Waals surface area contributed by atoms with Gasteiger partial charge in [0.15, 0.2) is 11.6 Å². The van der Waals surface area contributed by atoms with Crippen molar-refractivity contribution >= 4 is 11.8 Å². The zero-order valence-corrected chi connectivity index (χ0v) is 15.0. The number of fused-ring (bicyclic) bond motifs is 2. The second kappa shape index (κ2) is 7.02. The van der Waals surface area contributed by atoms with Gasteiger partial charge in [-0.15, -0.1) is 0 Å². The number of amides is 2. The first-order chi connectivity index (χ1) is 13.1. The molecule has 5 nitrogen and oxygen atoms in total. The maximum atomic E-state index is 13.9. The van der Waals surface area contributed by atoms with E-state index in [1.165, 1.54) is 19.2 Å². The fourth-order valence-electron chi connectivity index (χ4n) is 4.19. The lowest BCUT2D eigenvalue weighted by molar-refractivity contribution is 0.0679. The molecule has 1 aliphatic carbocycles. The van der Waals surface area contributed by atoms with E-state index in [9.17, 15) is 14.0 Å². The van der Waals surface area contributed by atoms with E-state index in [0.717, 1.165) is 12.8 Å². The van der Waals surface area contributed by atoms with Gasteiger partial charge in [-0.25, -0.2) is 4.39 Å². The number of carbonyl (C=O) groups excluding carboxylic acids is 2. The quantitative estimate of drug-likeness (QED) is 0.903. The Balaban J connectivity index is 1.40. The number of ether oxygens (including phenoxy) is 1. The Labute approximate surface area is 157 Å². The summed E-state index contributed by atoms with van der Waals surface area (Å²) >= 11 is 0. The summed E-state index contributed by atoms with van der Waals surface area (Å²) in [7, 11) is 1.39. The number of carbonyl (C=O) groups is 2. The van der Waals surface area contributed by atoms with E-state index in [4.69, 9.17) is 4.74 Å². The highest BCUT2D eigenvalue weighted by Crippen LogP contribution is 2.39. The van der Waals surface area contributed by atoms with Crippen molar-refractivity contribution in [1.29, 1.82) is 0 Å². The van der Waals surface area contributed by atoms with Crippen LogP contribution in [0.25, 0.3) is 0 Å². The number of halogens is 1. The molecule has 1 heterocycles. The van der Waals surface area contributed by atoms with Gasteiger partial charge in [-0.2, -0.15) is 0 Å². The molecule has 6 heteroatoms. The molecule has 3 atom stereocenters. The molecule has 4 rings (SSSR count). The van der Waals surface area contributed by atoms with Crippen LogP contribution in [0, 0.1) is 11.7 Å².